The second-order valence-electron chi connectivity index (χ2n) is 3.55. The SMILES string of the molecule is CN=Cc1ccccc1NC(=O)c1snc(Cl)c1Cl. The van der Waals surface area contributed by atoms with E-state index in [-0.39, 0.29) is 21.0 Å². The third-order valence-electron chi connectivity index (χ3n) is 2.28. The van der Waals surface area contributed by atoms with Gasteiger partial charge in [-0.2, -0.15) is 4.37 Å². The Labute approximate surface area is 124 Å². The Hall–Kier alpha value is -1.43. The fourth-order valence-electron chi connectivity index (χ4n) is 1.44. The van der Waals surface area contributed by atoms with Crippen LogP contribution in [0.1, 0.15) is 15.2 Å². The normalized spacial score (nSPS) is 10.9. The van der Waals surface area contributed by atoms with Gasteiger partial charge in [-0.05, 0) is 17.6 Å². The van der Waals surface area contributed by atoms with Crippen LogP contribution < -0.4 is 5.32 Å². The van der Waals surface area contributed by atoms with Crippen LogP contribution in [0, 0.1) is 0 Å². The minimum atomic E-state index is -0.341. The highest BCUT2D eigenvalue weighted by Gasteiger charge is 2.17. The third kappa shape index (κ3) is 3.12. The van der Waals surface area contributed by atoms with Crippen molar-refractivity contribution in [2.24, 2.45) is 4.99 Å². The Morgan fingerprint density at radius 2 is 2.16 bits per heavy atom. The van der Waals surface area contributed by atoms with Crippen LogP contribution in [0.2, 0.25) is 10.2 Å². The zero-order valence-corrected chi connectivity index (χ0v) is 12.2. The summed E-state index contributed by atoms with van der Waals surface area (Å²) in [7, 11) is 1.67. The average Bonchev–Trinajstić information content (AvgIpc) is 2.73. The molecule has 2 rings (SSSR count). The summed E-state index contributed by atoms with van der Waals surface area (Å²) in [5, 5.41) is 3.07. The van der Waals surface area contributed by atoms with Crippen LogP contribution in [0.25, 0.3) is 0 Å². The maximum absolute atomic E-state index is 12.1. The lowest BCUT2D eigenvalue weighted by Gasteiger charge is -2.06. The summed E-state index contributed by atoms with van der Waals surface area (Å²) in [4.78, 5) is 16.3. The van der Waals surface area contributed by atoms with E-state index < -0.39 is 0 Å². The second kappa shape index (κ2) is 6.14. The van der Waals surface area contributed by atoms with Gasteiger partial charge in [0.05, 0.1) is 0 Å². The number of benzene rings is 1. The van der Waals surface area contributed by atoms with E-state index in [9.17, 15) is 4.79 Å². The maximum Gasteiger partial charge on any atom is 0.268 e. The van der Waals surface area contributed by atoms with E-state index in [1.165, 1.54) is 0 Å². The number of anilines is 1. The van der Waals surface area contributed by atoms with E-state index >= 15 is 0 Å². The van der Waals surface area contributed by atoms with Crippen molar-refractivity contribution >= 4 is 52.5 Å². The van der Waals surface area contributed by atoms with Crippen LogP contribution in [-0.4, -0.2) is 23.5 Å². The van der Waals surface area contributed by atoms with Crippen molar-refractivity contribution in [2.45, 2.75) is 0 Å². The van der Waals surface area contributed by atoms with E-state index in [4.69, 9.17) is 23.2 Å². The van der Waals surface area contributed by atoms with Crippen LogP contribution in [0.4, 0.5) is 5.69 Å². The summed E-state index contributed by atoms with van der Waals surface area (Å²) < 4.78 is 3.83. The Morgan fingerprint density at radius 1 is 1.42 bits per heavy atom. The standard InChI is InChI=1S/C12H9Cl2N3OS/c1-15-6-7-4-2-3-5-8(7)16-12(18)10-9(13)11(14)17-19-10/h2-6H,1H3,(H,16,18). The molecule has 0 aliphatic rings. The van der Waals surface area contributed by atoms with E-state index in [1.807, 2.05) is 18.2 Å². The molecular weight excluding hydrogens is 305 g/mol. The zero-order chi connectivity index (χ0) is 13.8. The van der Waals surface area contributed by atoms with Crippen molar-refractivity contribution in [1.82, 2.24) is 4.37 Å². The van der Waals surface area contributed by atoms with Crippen molar-refractivity contribution in [3.05, 3.63) is 44.9 Å². The zero-order valence-electron chi connectivity index (χ0n) is 9.85. The molecule has 2 aromatic rings. The van der Waals surface area contributed by atoms with Gasteiger partial charge in [0.1, 0.15) is 9.90 Å². The lowest BCUT2D eigenvalue weighted by atomic mass is 10.2. The number of carbonyl (C=O) groups is 1. The summed E-state index contributed by atoms with van der Waals surface area (Å²) in [6.45, 7) is 0. The first kappa shape index (κ1) is 14.0. The molecule has 1 N–H and O–H groups in total. The van der Waals surface area contributed by atoms with Gasteiger partial charge >= 0.3 is 0 Å². The summed E-state index contributed by atoms with van der Waals surface area (Å²) >= 11 is 12.6. The average molecular weight is 314 g/mol. The number of rotatable bonds is 3. The second-order valence-corrected chi connectivity index (χ2v) is 5.05. The lowest BCUT2D eigenvalue weighted by Crippen LogP contribution is -2.12. The Morgan fingerprint density at radius 3 is 2.79 bits per heavy atom. The predicted octanol–water partition coefficient (Wildman–Crippen LogP) is 3.75. The molecule has 7 heteroatoms. The van der Waals surface area contributed by atoms with Gasteiger partial charge < -0.3 is 5.32 Å². The van der Waals surface area contributed by atoms with Crippen molar-refractivity contribution in [1.29, 1.82) is 0 Å². The Balaban J connectivity index is 2.27. The Kier molecular flexibility index (Phi) is 4.52. The topological polar surface area (TPSA) is 54.4 Å². The highest BCUT2D eigenvalue weighted by Crippen LogP contribution is 2.29. The first-order chi connectivity index (χ1) is 9.13. The van der Waals surface area contributed by atoms with E-state index in [1.54, 1.807) is 19.3 Å². The highest BCUT2D eigenvalue weighted by atomic mass is 35.5. The van der Waals surface area contributed by atoms with Crippen molar-refractivity contribution in [2.75, 3.05) is 12.4 Å². The molecule has 0 saturated carbocycles. The number of hydrogen-bond donors (Lipinski definition) is 1. The molecule has 1 aromatic heterocycles. The van der Waals surface area contributed by atoms with Gasteiger partial charge in [0, 0.05) is 24.5 Å². The largest absolute Gasteiger partial charge is 0.321 e. The van der Waals surface area contributed by atoms with Crippen LogP contribution in [0.3, 0.4) is 0 Å². The van der Waals surface area contributed by atoms with Gasteiger partial charge in [-0.15, -0.1) is 0 Å². The van der Waals surface area contributed by atoms with Crippen molar-refractivity contribution in [3.63, 3.8) is 0 Å². The number of aromatic nitrogens is 1. The van der Waals surface area contributed by atoms with Gasteiger partial charge in [-0.1, -0.05) is 41.4 Å². The van der Waals surface area contributed by atoms with Gasteiger partial charge in [-0.25, -0.2) is 0 Å². The van der Waals surface area contributed by atoms with Crippen molar-refractivity contribution < 1.29 is 4.79 Å². The van der Waals surface area contributed by atoms with E-state index in [2.05, 4.69) is 14.7 Å². The van der Waals surface area contributed by atoms with Crippen LogP contribution in [0.5, 0.6) is 0 Å². The predicted molar refractivity (Wildman–Crippen MR) is 80.0 cm³/mol. The summed E-state index contributed by atoms with van der Waals surface area (Å²) in [6, 6.07) is 7.32. The molecule has 0 fully saturated rings. The Bertz CT molecular complexity index is 640. The number of hydrogen-bond acceptors (Lipinski definition) is 4. The molecule has 4 nitrogen and oxygen atoms in total. The molecule has 0 spiro atoms. The molecule has 0 aliphatic carbocycles. The van der Waals surface area contributed by atoms with E-state index in [0.717, 1.165) is 17.1 Å². The monoisotopic (exact) mass is 313 g/mol. The molecule has 0 radical (unpaired) electrons. The molecule has 0 unspecified atom stereocenters. The minimum Gasteiger partial charge on any atom is -0.321 e. The molecule has 1 heterocycles. The summed E-state index contributed by atoms with van der Waals surface area (Å²) in [5.74, 6) is -0.341. The summed E-state index contributed by atoms with van der Waals surface area (Å²) in [5.41, 5.74) is 1.46. The summed E-state index contributed by atoms with van der Waals surface area (Å²) in [6.07, 6.45) is 1.66. The number of carbonyl (C=O) groups excluding carboxylic acids is 1. The molecule has 1 amide bonds. The van der Waals surface area contributed by atoms with Gasteiger partial charge in [0.25, 0.3) is 5.91 Å². The molecule has 0 bridgehead atoms. The quantitative estimate of drug-likeness (QED) is 0.877. The number of nitrogens with zero attached hydrogens (tertiary/aromatic N) is 2. The number of amides is 1. The van der Waals surface area contributed by atoms with Crippen LogP contribution >= 0.6 is 34.7 Å². The number of aliphatic imine (C=N–C) groups is 1. The smallest absolute Gasteiger partial charge is 0.268 e. The third-order valence-corrected chi connectivity index (χ3v) is 4.08. The number of nitrogens with one attached hydrogen (secondary N) is 1. The van der Waals surface area contributed by atoms with Gasteiger partial charge in [0.2, 0.25) is 0 Å². The maximum atomic E-state index is 12.1. The number of halogens is 2. The van der Waals surface area contributed by atoms with Crippen molar-refractivity contribution in [3.8, 4) is 0 Å². The number of para-hydroxylation sites is 1. The molecular formula is C12H9Cl2N3OS. The van der Waals surface area contributed by atoms with Crippen LogP contribution in [0.15, 0.2) is 29.3 Å². The van der Waals surface area contributed by atoms with E-state index in [0.29, 0.717) is 5.69 Å². The lowest BCUT2D eigenvalue weighted by molar-refractivity contribution is 0.103. The van der Waals surface area contributed by atoms with Gasteiger partial charge in [0.15, 0.2) is 5.15 Å². The fraction of sp³-hybridized carbons (Fsp3) is 0.0833. The first-order valence-corrected chi connectivity index (χ1v) is 6.79. The molecule has 19 heavy (non-hydrogen) atoms. The van der Waals surface area contributed by atoms with Crippen LogP contribution in [-0.2, 0) is 0 Å². The molecule has 98 valence electrons. The first-order valence-electron chi connectivity index (χ1n) is 5.26. The molecule has 0 atom stereocenters. The van der Waals surface area contributed by atoms with Gasteiger partial charge in [-0.3, -0.25) is 9.79 Å². The molecule has 1 aromatic carbocycles. The molecule has 0 aliphatic heterocycles. The highest BCUT2D eigenvalue weighted by molar-refractivity contribution is 7.09. The minimum absolute atomic E-state index is 0.139. The molecule has 0 saturated heterocycles. The fourth-order valence-corrected chi connectivity index (χ4v) is 2.55.